The molecule has 1 fully saturated rings. The van der Waals surface area contributed by atoms with Gasteiger partial charge in [0.25, 0.3) is 0 Å². The Bertz CT molecular complexity index is 1050. The smallest absolute Gasteiger partial charge is 0.162 e. The molecule has 1 aliphatic carbocycles. The number of methoxy groups -OCH3 is 1. The summed E-state index contributed by atoms with van der Waals surface area (Å²) in [6, 6.07) is 14.4. The van der Waals surface area contributed by atoms with Gasteiger partial charge in [-0.15, -0.1) is 0 Å². The number of imidazole rings is 1. The lowest BCUT2D eigenvalue weighted by molar-refractivity contribution is 0.201. The first-order valence-electron chi connectivity index (χ1n) is 10.7. The number of nitrogens with zero attached hydrogens (tertiary/aromatic N) is 1. The van der Waals surface area contributed by atoms with Crippen molar-refractivity contribution in [2.45, 2.75) is 51.6 Å². The maximum absolute atomic E-state index is 6.28. The first-order valence-corrected chi connectivity index (χ1v) is 10.7. The van der Waals surface area contributed by atoms with Gasteiger partial charge >= 0.3 is 0 Å². The minimum Gasteiger partial charge on any atom is -0.493 e. The third kappa shape index (κ3) is 4.86. The molecular formula is C26H28N2O2. The van der Waals surface area contributed by atoms with Crippen LogP contribution in [0.4, 0.5) is 0 Å². The molecule has 0 atom stereocenters. The fourth-order valence-electron chi connectivity index (χ4n) is 3.90. The molecule has 1 aromatic heterocycles. The second kappa shape index (κ2) is 9.54. The number of ether oxygens (including phenoxy) is 2. The number of benzene rings is 2. The van der Waals surface area contributed by atoms with Crippen molar-refractivity contribution in [3.05, 3.63) is 65.7 Å². The molecule has 0 radical (unpaired) electrons. The predicted octanol–water partition coefficient (Wildman–Crippen LogP) is 5.70. The van der Waals surface area contributed by atoms with Gasteiger partial charge in [0.15, 0.2) is 11.5 Å². The monoisotopic (exact) mass is 400 g/mol. The average Bonchev–Trinajstić information content (AvgIpc) is 3.43. The van der Waals surface area contributed by atoms with E-state index in [2.05, 4.69) is 46.1 Å². The van der Waals surface area contributed by atoms with Crippen LogP contribution in [0.2, 0.25) is 0 Å². The van der Waals surface area contributed by atoms with E-state index in [9.17, 15) is 0 Å². The molecule has 1 aliphatic rings. The zero-order chi connectivity index (χ0) is 20.8. The Morgan fingerprint density at radius 2 is 1.93 bits per heavy atom. The highest BCUT2D eigenvalue weighted by Crippen LogP contribution is 2.36. The van der Waals surface area contributed by atoms with Crippen LogP contribution in [0.25, 0.3) is 11.1 Å². The molecule has 0 unspecified atom stereocenters. The minimum atomic E-state index is 0.287. The van der Waals surface area contributed by atoms with Crippen LogP contribution in [0.5, 0.6) is 11.5 Å². The molecule has 1 N–H and O–H groups in total. The molecule has 4 heteroatoms. The van der Waals surface area contributed by atoms with Crippen molar-refractivity contribution in [1.82, 2.24) is 9.97 Å². The fraction of sp³-hybridized carbons (Fsp3) is 0.346. The van der Waals surface area contributed by atoms with Crippen molar-refractivity contribution in [3.8, 4) is 34.5 Å². The van der Waals surface area contributed by atoms with Crippen LogP contribution in [-0.2, 0) is 6.42 Å². The summed E-state index contributed by atoms with van der Waals surface area (Å²) in [4.78, 5) is 7.60. The van der Waals surface area contributed by atoms with Gasteiger partial charge in [-0.3, -0.25) is 0 Å². The summed E-state index contributed by atoms with van der Waals surface area (Å²) in [5, 5.41) is 0. The van der Waals surface area contributed by atoms with E-state index in [1.807, 2.05) is 31.3 Å². The lowest BCUT2D eigenvalue weighted by Gasteiger charge is -2.17. The summed E-state index contributed by atoms with van der Waals surface area (Å²) >= 11 is 0. The van der Waals surface area contributed by atoms with Crippen molar-refractivity contribution in [3.63, 3.8) is 0 Å². The highest BCUT2D eigenvalue weighted by atomic mass is 16.5. The van der Waals surface area contributed by atoms with Gasteiger partial charge in [-0.05, 0) is 61.9 Å². The average molecular weight is 401 g/mol. The number of aromatic nitrogens is 2. The Morgan fingerprint density at radius 3 is 2.70 bits per heavy atom. The zero-order valence-electron chi connectivity index (χ0n) is 17.7. The van der Waals surface area contributed by atoms with Crippen LogP contribution in [-0.4, -0.2) is 23.2 Å². The van der Waals surface area contributed by atoms with Crippen LogP contribution < -0.4 is 9.47 Å². The van der Waals surface area contributed by atoms with E-state index >= 15 is 0 Å². The number of aryl methyl sites for hydroxylation is 2. The number of hydrogen-bond acceptors (Lipinski definition) is 3. The first-order chi connectivity index (χ1) is 14.7. The van der Waals surface area contributed by atoms with Gasteiger partial charge in [0.1, 0.15) is 5.82 Å². The van der Waals surface area contributed by atoms with E-state index in [4.69, 9.17) is 9.47 Å². The van der Waals surface area contributed by atoms with Crippen molar-refractivity contribution in [2.75, 3.05) is 7.11 Å². The minimum absolute atomic E-state index is 0.287. The van der Waals surface area contributed by atoms with Crippen molar-refractivity contribution >= 4 is 0 Å². The highest BCUT2D eigenvalue weighted by Gasteiger charge is 2.19. The second-order valence-corrected chi connectivity index (χ2v) is 7.75. The van der Waals surface area contributed by atoms with Gasteiger partial charge < -0.3 is 14.5 Å². The predicted molar refractivity (Wildman–Crippen MR) is 120 cm³/mol. The largest absolute Gasteiger partial charge is 0.493 e. The summed E-state index contributed by atoms with van der Waals surface area (Å²) in [6.07, 6.45) is 8.44. The van der Waals surface area contributed by atoms with E-state index in [-0.39, 0.29) is 6.10 Å². The Balaban J connectivity index is 1.54. The molecule has 3 aromatic rings. The summed E-state index contributed by atoms with van der Waals surface area (Å²) in [6.45, 7) is 2.01. The summed E-state index contributed by atoms with van der Waals surface area (Å²) < 4.78 is 11.8. The standard InChI is InChI=1S/C26H28N2O2/c1-19-18-27-26(28-19)14-8-4-10-20-9-3-7-13-23(20)21-15-16-24(29-2)25(17-21)30-22-11-5-6-12-22/h3,7,9,13,15-18,22H,5-6,8,11-12,14H2,1-2H3,(H,27,28). The summed E-state index contributed by atoms with van der Waals surface area (Å²) in [5.41, 5.74) is 4.30. The molecule has 4 rings (SSSR count). The van der Waals surface area contributed by atoms with E-state index in [1.165, 1.54) is 12.8 Å². The lowest BCUT2D eigenvalue weighted by Crippen LogP contribution is -2.11. The maximum Gasteiger partial charge on any atom is 0.162 e. The van der Waals surface area contributed by atoms with Crippen LogP contribution in [0.15, 0.2) is 48.7 Å². The van der Waals surface area contributed by atoms with Crippen LogP contribution in [0.1, 0.15) is 49.2 Å². The number of rotatable bonds is 6. The molecule has 0 saturated heterocycles. The third-order valence-corrected chi connectivity index (χ3v) is 5.46. The van der Waals surface area contributed by atoms with Gasteiger partial charge in [-0.25, -0.2) is 4.98 Å². The van der Waals surface area contributed by atoms with E-state index in [1.54, 1.807) is 7.11 Å². The van der Waals surface area contributed by atoms with E-state index < -0.39 is 0 Å². The SMILES string of the molecule is COc1ccc(-c2ccccc2C#CCCc2ncc(C)[nH]2)cc1OC1CCCC1. The quantitative estimate of drug-likeness (QED) is 0.540. The van der Waals surface area contributed by atoms with Gasteiger partial charge in [-0.1, -0.05) is 36.1 Å². The highest BCUT2D eigenvalue weighted by molar-refractivity contribution is 5.73. The van der Waals surface area contributed by atoms with E-state index in [0.717, 1.165) is 65.4 Å². The number of nitrogens with one attached hydrogen (secondary N) is 1. The number of aromatic amines is 1. The summed E-state index contributed by atoms with van der Waals surface area (Å²) in [5.74, 6) is 9.23. The van der Waals surface area contributed by atoms with Crippen LogP contribution >= 0.6 is 0 Å². The second-order valence-electron chi connectivity index (χ2n) is 7.75. The molecule has 0 aliphatic heterocycles. The van der Waals surface area contributed by atoms with Gasteiger partial charge in [-0.2, -0.15) is 0 Å². The number of H-pyrrole nitrogens is 1. The van der Waals surface area contributed by atoms with Crippen LogP contribution in [0.3, 0.4) is 0 Å². The summed E-state index contributed by atoms with van der Waals surface area (Å²) in [7, 11) is 1.69. The molecule has 0 amide bonds. The molecule has 0 bridgehead atoms. The molecule has 4 nitrogen and oxygen atoms in total. The Kier molecular flexibility index (Phi) is 6.39. The molecule has 30 heavy (non-hydrogen) atoms. The van der Waals surface area contributed by atoms with Crippen molar-refractivity contribution in [1.29, 1.82) is 0 Å². The molecule has 154 valence electrons. The first kappa shape index (κ1) is 20.1. The maximum atomic E-state index is 6.28. The molecule has 0 spiro atoms. The van der Waals surface area contributed by atoms with Gasteiger partial charge in [0, 0.05) is 30.3 Å². The Morgan fingerprint density at radius 1 is 1.10 bits per heavy atom. The van der Waals surface area contributed by atoms with Crippen LogP contribution in [0, 0.1) is 18.8 Å². The van der Waals surface area contributed by atoms with Gasteiger partial charge in [0.05, 0.1) is 13.2 Å². The van der Waals surface area contributed by atoms with E-state index in [0.29, 0.717) is 0 Å². The topological polar surface area (TPSA) is 47.1 Å². The molecular weight excluding hydrogens is 372 g/mol. The Hall–Kier alpha value is -3.19. The fourth-order valence-corrected chi connectivity index (χ4v) is 3.90. The number of hydrogen-bond donors (Lipinski definition) is 1. The molecule has 1 heterocycles. The molecule has 2 aromatic carbocycles. The Labute approximate surface area is 178 Å². The van der Waals surface area contributed by atoms with Gasteiger partial charge in [0.2, 0.25) is 0 Å². The third-order valence-electron chi connectivity index (χ3n) is 5.46. The lowest BCUT2D eigenvalue weighted by atomic mass is 9.99. The normalized spacial score (nSPS) is 13.7. The van der Waals surface area contributed by atoms with Crippen molar-refractivity contribution < 1.29 is 9.47 Å². The zero-order valence-corrected chi connectivity index (χ0v) is 17.7. The molecule has 1 saturated carbocycles. The van der Waals surface area contributed by atoms with Crippen molar-refractivity contribution in [2.24, 2.45) is 0 Å².